The van der Waals surface area contributed by atoms with Crippen molar-refractivity contribution in [2.45, 2.75) is 44.3 Å². The van der Waals surface area contributed by atoms with Crippen molar-refractivity contribution in [3.05, 3.63) is 20.8 Å². The van der Waals surface area contributed by atoms with Crippen LogP contribution in [0.4, 0.5) is 0 Å². The second-order valence-electron chi connectivity index (χ2n) is 6.07. The number of piperidine rings is 1. The number of hydrogen-bond acceptors (Lipinski definition) is 4. The Hall–Kier alpha value is 0.0600. The molecule has 1 aromatic rings. The highest BCUT2D eigenvalue weighted by molar-refractivity contribution is 9.10. The summed E-state index contributed by atoms with van der Waals surface area (Å²) in [5.41, 5.74) is 6.12. The van der Waals surface area contributed by atoms with E-state index in [2.05, 4.69) is 44.1 Å². The summed E-state index contributed by atoms with van der Waals surface area (Å²) in [6.07, 6.45) is 4.12. The normalized spacial score (nSPS) is 30.1. The van der Waals surface area contributed by atoms with E-state index >= 15 is 0 Å². The third kappa shape index (κ3) is 2.83. The van der Waals surface area contributed by atoms with Gasteiger partial charge < -0.3 is 5.73 Å². The quantitative estimate of drug-likeness (QED) is 0.901. The average Bonchev–Trinajstić information content (AvgIpc) is 2.87. The van der Waals surface area contributed by atoms with Gasteiger partial charge in [-0.15, -0.1) is 11.3 Å². The van der Waals surface area contributed by atoms with Crippen LogP contribution in [0.1, 0.15) is 37.1 Å². The summed E-state index contributed by atoms with van der Waals surface area (Å²) in [5, 5.41) is 2.16. The fourth-order valence-corrected chi connectivity index (χ4v) is 5.52. The monoisotopic (exact) mass is 357 g/mol. The lowest BCUT2D eigenvalue weighted by molar-refractivity contribution is -0.00605. The molecule has 0 radical (unpaired) electrons. The third-order valence-electron chi connectivity index (χ3n) is 4.81. The van der Waals surface area contributed by atoms with Gasteiger partial charge in [-0.1, -0.05) is 6.42 Å². The Morgan fingerprint density at radius 1 is 1.45 bits per heavy atom. The highest BCUT2D eigenvalue weighted by atomic mass is 79.9. The van der Waals surface area contributed by atoms with Gasteiger partial charge in [0.15, 0.2) is 0 Å². The predicted octanol–water partition coefficient (Wildman–Crippen LogP) is 3.07. The van der Waals surface area contributed by atoms with Crippen molar-refractivity contribution in [2.75, 3.05) is 26.2 Å². The molecule has 0 spiro atoms. The number of nitrogens with two attached hydrogens (primary N) is 1. The maximum atomic E-state index is 6.12. The van der Waals surface area contributed by atoms with Crippen LogP contribution in [0.15, 0.2) is 15.9 Å². The molecule has 112 valence electrons. The Balaban J connectivity index is 1.79. The number of fused-ring (bicyclic) bond motifs is 1. The van der Waals surface area contributed by atoms with E-state index in [9.17, 15) is 0 Å². The van der Waals surface area contributed by atoms with Crippen molar-refractivity contribution in [1.82, 2.24) is 9.80 Å². The first kappa shape index (κ1) is 15.0. The van der Waals surface area contributed by atoms with Crippen LogP contribution >= 0.6 is 27.3 Å². The topological polar surface area (TPSA) is 32.5 Å². The van der Waals surface area contributed by atoms with Crippen LogP contribution in [-0.2, 0) is 0 Å². The maximum Gasteiger partial charge on any atom is 0.0579 e. The van der Waals surface area contributed by atoms with Gasteiger partial charge in [0.2, 0.25) is 0 Å². The molecule has 3 nitrogen and oxygen atoms in total. The van der Waals surface area contributed by atoms with Gasteiger partial charge in [-0.2, -0.15) is 0 Å². The minimum absolute atomic E-state index is 0.364. The van der Waals surface area contributed by atoms with Crippen LogP contribution in [0.25, 0.3) is 0 Å². The van der Waals surface area contributed by atoms with Crippen molar-refractivity contribution < 1.29 is 0 Å². The number of rotatable bonds is 3. The summed E-state index contributed by atoms with van der Waals surface area (Å²) >= 11 is 5.51. The molecule has 20 heavy (non-hydrogen) atoms. The lowest BCUT2D eigenvalue weighted by atomic mass is 9.95. The molecule has 2 saturated heterocycles. The first-order chi connectivity index (χ1) is 9.70. The zero-order valence-electron chi connectivity index (χ0n) is 12.1. The minimum atomic E-state index is 0.364. The molecule has 2 fully saturated rings. The number of thiophene rings is 1. The van der Waals surface area contributed by atoms with Gasteiger partial charge in [-0.05, 0) is 53.7 Å². The summed E-state index contributed by atoms with van der Waals surface area (Å²) in [5.74, 6) is 0. The van der Waals surface area contributed by atoms with E-state index in [4.69, 9.17) is 5.73 Å². The minimum Gasteiger partial charge on any atom is -0.329 e. The summed E-state index contributed by atoms with van der Waals surface area (Å²) in [6.45, 7) is 6.72. The lowest BCUT2D eigenvalue weighted by Gasteiger charge is -2.49. The predicted molar refractivity (Wildman–Crippen MR) is 89.2 cm³/mol. The average molecular weight is 358 g/mol. The Bertz CT molecular complexity index is 450. The SMILES string of the molecule is CC1CN2CCCCC2CN1C(CN)c1sccc1Br. The van der Waals surface area contributed by atoms with Crippen LogP contribution in [0.2, 0.25) is 0 Å². The Morgan fingerprint density at radius 2 is 2.30 bits per heavy atom. The first-order valence-corrected chi connectivity index (χ1v) is 9.30. The molecule has 0 amide bonds. The van der Waals surface area contributed by atoms with Gasteiger partial charge in [0, 0.05) is 41.1 Å². The molecule has 0 saturated carbocycles. The Labute approximate surface area is 134 Å². The van der Waals surface area contributed by atoms with E-state index in [1.807, 2.05) is 11.3 Å². The number of nitrogens with zero attached hydrogens (tertiary/aromatic N) is 2. The van der Waals surface area contributed by atoms with Gasteiger partial charge in [0.05, 0.1) is 6.04 Å². The molecule has 0 aromatic carbocycles. The van der Waals surface area contributed by atoms with Gasteiger partial charge in [-0.3, -0.25) is 9.80 Å². The van der Waals surface area contributed by atoms with E-state index in [0.29, 0.717) is 18.6 Å². The van der Waals surface area contributed by atoms with E-state index in [-0.39, 0.29) is 0 Å². The summed E-state index contributed by atoms with van der Waals surface area (Å²) in [7, 11) is 0. The third-order valence-corrected chi connectivity index (χ3v) is 6.78. The molecule has 5 heteroatoms. The van der Waals surface area contributed by atoms with E-state index in [1.165, 1.54) is 48.2 Å². The van der Waals surface area contributed by atoms with Crippen molar-refractivity contribution in [2.24, 2.45) is 5.73 Å². The molecule has 3 rings (SSSR count). The number of halogens is 1. The highest BCUT2D eigenvalue weighted by Gasteiger charge is 2.36. The van der Waals surface area contributed by atoms with Gasteiger partial charge >= 0.3 is 0 Å². The second-order valence-corrected chi connectivity index (χ2v) is 7.88. The smallest absolute Gasteiger partial charge is 0.0579 e. The van der Waals surface area contributed by atoms with E-state index < -0.39 is 0 Å². The zero-order chi connectivity index (χ0) is 14.1. The molecule has 2 N–H and O–H groups in total. The number of hydrogen-bond donors (Lipinski definition) is 1. The number of piperazine rings is 1. The van der Waals surface area contributed by atoms with Crippen LogP contribution in [0.5, 0.6) is 0 Å². The largest absolute Gasteiger partial charge is 0.329 e. The van der Waals surface area contributed by atoms with Gasteiger partial charge in [-0.25, -0.2) is 0 Å². The maximum absolute atomic E-state index is 6.12. The van der Waals surface area contributed by atoms with E-state index in [1.54, 1.807) is 0 Å². The summed E-state index contributed by atoms with van der Waals surface area (Å²) < 4.78 is 1.22. The van der Waals surface area contributed by atoms with Crippen LogP contribution in [0, 0.1) is 0 Å². The molecule has 1 aromatic heterocycles. The molecular weight excluding hydrogens is 334 g/mol. The standard InChI is InChI=1S/C15H24BrN3S/c1-11-9-18-6-3-2-4-12(18)10-19(11)14(8-17)15-13(16)5-7-20-15/h5,7,11-12,14H,2-4,6,8-10,17H2,1H3. The molecule has 0 aliphatic carbocycles. The summed E-state index contributed by atoms with van der Waals surface area (Å²) in [6, 6.07) is 3.84. The molecular formula is C15H24BrN3S. The Morgan fingerprint density at radius 3 is 3.00 bits per heavy atom. The molecule has 3 heterocycles. The van der Waals surface area contributed by atoms with Crippen molar-refractivity contribution in [3.8, 4) is 0 Å². The zero-order valence-corrected chi connectivity index (χ0v) is 14.5. The van der Waals surface area contributed by atoms with Crippen molar-refractivity contribution in [1.29, 1.82) is 0 Å². The fraction of sp³-hybridized carbons (Fsp3) is 0.733. The molecule has 2 aliphatic rings. The fourth-order valence-electron chi connectivity index (χ4n) is 3.75. The second kappa shape index (κ2) is 6.44. The van der Waals surface area contributed by atoms with Crippen LogP contribution in [0.3, 0.4) is 0 Å². The molecule has 0 bridgehead atoms. The van der Waals surface area contributed by atoms with Crippen molar-refractivity contribution in [3.63, 3.8) is 0 Å². The highest BCUT2D eigenvalue weighted by Crippen LogP contribution is 2.36. The molecule has 3 atom stereocenters. The Kier molecular flexibility index (Phi) is 4.82. The van der Waals surface area contributed by atoms with Crippen molar-refractivity contribution >= 4 is 27.3 Å². The molecule has 3 unspecified atom stereocenters. The van der Waals surface area contributed by atoms with Gasteiger partial charge in [0.25, 0.3) is 0 Å². The van der Waals surface area contributed by atoms with Gasteiger partial charge in [0.1, 0.15) is 0 Å². The molecule has 2 aliphatic heterocycles. The summed E-state index contributed by atoms with van der Waals surface area (Å²) in [4.78, 5) is 6.73. The first-order valence-electron chi connectivity index (χ1n) is 7.63. The lowest BCUT2D eigenvalue weighted by Crippen LogP contribution is -2.59. The van der Waals surface area contributed by atoms with Crippen LogP contribution in [-0.4, -0.2) is 48.1 Å². The van der Waals surface area contributed by atoms with Crippen LogP contribution < -0.4 is 5.73 Å². The van der Waals surface area contributed by atoms with E-state index in [0.717, 1.165) is 6.04 Å².